The number of nitrogens with one attached hydrogen (secondary N) is 1. The zero-order valence-corrected chi connectivity index (χ0v) is 18.9. The lowest BCUT2D eigenvalue weighted by atomic mass is 10.0. The molecule has 2 amide bonds. The van der Waals surface area contributed by atoms with Crippen LogP contribution >= 0.6 is 0 Å². The van der Waals surface area contributed by atoms with Gasteiger partial charge in [-0.25, -0.2) is 22.3 Å². The number of carbonyl (C=O) groups excluding carboxylic acids is 1. The van der Waals surface area contributed by atoms with Crippen LogP contribution in [0.2, 0.25) is 0 Å². The van der Waals surface area contributed by atoms with Crippen LogP contribution in [0.1, 0.15) is 37.6 Å². The van der Waals surface area contributed by atoms with E-state index in [1.54, 1.807) is 46.1 Å². The minimum Gasteiger partial charge on any atom is -0.331 e. The number of rotatable bonds is 5. The lowest BCUT2D eigenvalue weighted by molar-refractivity contribution is 0.241. The Hall–Kier alpha value is -3.20. The van der Waals surface area contributed by atoms with E-state index in [-0.39, 0.29) is 28.8 Å². The fraction of sp³-hybridized carbons (Fsp3) is 0.304. The summed E-state index contributed by atoms with van der Waals surface area (Å²) in [5.41, 5.74) is 3.05. The van der Waals surface area contributed by atoms with Gasteiger partial charge in [-0.05, 0) is 55.3 Å². The molecule has 0 spiro atoms. The fourth-order valence-corrected chi connectivity index (χ4v) is 4.76. The smallest absolute Gasteiger partial charge is 0.322 e. The molecule has 1 N–H and O–H groups in total. The monoisotopic (exact) mass is 456 g/mol. The van der Waals surface area contributed by atoms with Crippen molar-refractivity contribution < 1.29 is 17.6 Å². The predicted octanol–water partition coefficient (Wildman–Crippen LogP) is 4.03. The molecule has 7 nitrogen and oxygen atoms in total. The molecule has 9 heteroatoms. The number of aromatic nitrogens is 2. The van der Waals surface area contributed by atoms with Crippen molar-refractivity contribution >= 4 is 21.6 Å². The summed E-state index contributed by atoms with van der Waals surface area (Å²) in [6.45, 7) is 3.89. The number of urea groups is 1. The number of halogens is 1. The highest BCUT2D eigenvalue weighted by Gasteiger charge is 2.35. The second-order valence-electron chi connectivity index (χ2n) is 8.04. The van der Waals surface area contributed by atoms with Gasteiger partial charge in [0.25, 0.3) is 0 Å². The average Bonchev–Trinajstić information content (AvgIpc) is 3.29. The first-order chi connectivity index (χ1) is 15.2. The van der Waals surface area contributed by atoms with Crippen LogP contribution in [-0.2, 0) is 16.3 Å². The van der Waals surface area contributed by atoms with E-state index in [0.29, 0.717) is 18.5 Å². The number of nitrogens with zero attached hydrogens (tertiary/aromatic N) is 3. The third-order valence-corrected chi connectivity index (χ3v) is 6.83. The van der Waals surface area contributed by atoms with E-state index in [1.165, 1.54) is 12.1 Å². The molecule has 0 bridgehead atoms. The minimum absolute atomic E-state index is 0.0884. The van der Waals surface area contributed by atoms with Crippen LogP contribution < -0.4 is 10.2 Å². The summed E-state index contributed by atoms with van der Waals surface area (Å²) in [7, 11) is -3.34. The topological polar surface area (TPSA) is 84.3 Å². The van der Waals surface area contributed by atoms with Crippen LogP contribution in [0, 0.1) is 5.82 Å². The SMILES string of the molecule is CCC(NC(=O)N1c2cnn(-c3ccc(F)cc3)c2CC1C)c1cccc(S(C)(=O)=O)c1. The van der Waals surface area contributed by atoms with Crippen LogP contribution in [-0.4, -0.2) is 36.5 Å². The van der Waals surface area contributed by atoms with Crippen molar-refractivity contribution in [3.05, 3.63) is 71.8 Å². The Morgan fingerprint density at radius 2 is 1.97 bits per heavy atom. The summed E-state index contributed by atoms with van der Waals surface area (Å²) in [5, 5.41) is 7.44. The van der Waals surface area contributed by atoms with Gasteiger partial charge in [-0.3, -0.25) is 4.90 Å². The molecule has 2 unspecified atom stereocenters. The second kappa shape index (κ2) is 8.38. The third kappa shape index (κ3) is 4.12. The maximum atomic E-state index is 13.3. The van der Waals surface area contributed by atoms with E-state index >= 15 is 0 Å². The molecule has 0 saturated carbocycles. The molecule has 0 radical (unpaired) electrons. The number of fused-ring (bicyclic) bond motifs is 1. The highest BCUT2D eigenvalue weighted by atomic mass is 32.2. The summed E-state index contributed by atoms with van der Waals surface area (Å²) < 4.78 is 38.9. The molecule has 2 aromatic carbocycles. The Morgan fingerprint density at radius 3 is 2.62 bits per heavy atom. The molecule has 1 aromatic heterocycles. The van der Waals surface area contributed by atoms with Gasteiger partial charge in [0.05, 0.1) is 34.2 Å². The van der Waals surface area contributed by atoms with E-state index in [2.05, 4.69) is 10.4 Å². The highest BCUT2D eigenvalue weighted by Crippen LogP contribution is 2.34. The van der Waals surface area contributed by atoms with Crippen LogP contribution in [0.15, 0.2) is 59.6 Å². The van der Waals surface area contributed by atoms with Crippen LogP contribution in [0.25, 0.3) is 5.69 Å². The molecule has 0 saturated heterocycles. The molecule has 0 aliphatic carbocycles. The van der Waals surface area contributed by atoms with Gasteiger partial charge in [-0.15, -0.1) is 0 Å². The van der Waals surface area contributed by atoms with E-state index in [4.69, 9.17) is 0 Å². The molecule has 1 aliphatic heterocycles. The molecule has 3 aromatic rings. The van der Waals surface area contributed by atoms with Crippen molar-refractivity contribution in [2.45, 2.75) is 43.7 Å². The number of sulfone groups is 1. The van der Waals surface area contributed by atoms with E-state index < -0.39 is 9.84 Å². The predicted molar refractivity (Wildman–Crippen MR) is 120 cm³/mol. The van der Waals surface area contributed by atoms with Gasteiger partial charge >= 0.3 is 6.03 Å². The van der Waals surface area contributed by atoms with Crippen molar-refractivity contribution in [1.82, 2.24) is 15.1 Å². The van der Waals surface area contributed by atoms with Gasteiger partial charge in [0.2, 0.25) is 0 Å². The van der Waals surface area contributed by atoms with Gasteiger partial charge in [0, 0.05) is 18.7 Å². The first kappa shape index (κ1) is 22.0. The van der Waals surface area contributed by atoms with E-state index in [0.717, 1.165) is 23.2 Å². The lowest BCUT2D eigenvalue weighted by Crippen LogP contribution is -2.44. The second-order valence-corrected chi connectivity index (χ2v) is 10.1. The molecular formula is C23H25FN4O3S. The highest BCUT2D eigenvalue weighted by molar-refractivity contribution is 7.90. The van der Waals surface area contributed by atoms with Crippen molar-refractivity contribution in [3.8, 4) is 5.69 Å². The summed E-state index contributed by atoms with van der Waals surface area (Å²) >= 11 is 0. The molecule has 1 aliphatic rings. The Balaban J connectivity index is 1.59. The van der Waals surface area contributed by atoms with Crippen LogP contribution in [0.5, 0.6) is 0 Å². The normalized spacial score (nSPS) is 16.6. The van der Waals surface area contributed by atoms with Crippen molar-refractivity contribution in [3.63, 3.8) is 0 Å². The maximum Gasteiger partial charge on any atom is 0.322 e. The molecule has 0 fully saturated rings. The van der Waals surface area contributed by atoms with E-state index in [9.17, 15) is 17.6 Å². The summed E-state index contributed by atoms with van der Waals surface area (Å²) in [6, 6.07) is 12.0. The van der Waals surface area contributed by atoms with Crippen LogP contribution in [0.4, 0.5) is 14.9 Å². The maximum absolute atomic E-state index is 13.3. The molecule has 2 atom stereocenters. The largest absolute Gasteiger partial charge is 0.331 e. The Kier molecular flexibility index (Phi) is 5.77. The zero-order valence-electron chi connectivity index (χ0n) is 18.1. The lowest BCUT2D eigenvalue weighted by Gasteiger charge is -2.26. The number of hydrogen-bond acceptors (Lipinski definition) is 4. The van der Waals surface area contributed by atoms with Gasteiger partial charge < -0.3 is 5.32 Å². The number of benzene rings is 2. The fourth-order valence-electron chi connectivity index (χ4n) is 4.08. The Bertz CT molecular complexity index is 1250. The van der Waals surface area contributed by atoms with Gasteiger partial charge in [-0.1, -0.05) is 19.1 Å². The Labute approximate surface area is 186 Å². The number of hydrogen-bond donors (Lipinski definition) is 1. The van der Waals surface area contributed by atoms with Crippen molar-refractivity contribution in [1.29, 1.82) is 0 Å². The summed E-state index contributed by atoms with van der Waals surface area (Å²) in [4.78, 5) is 15.1. The molecular weight excluding hydrogens is 431 g/mol. The number of carbonyl (C=O) groups is 1. The Morgan fingerprint density at radius 1 is 1.25 bits per heavy atom. The zero-order chi connectivity index (χ0) is 23.0. The first-order valence-electron chi connectivity index (χ1n) is 10.4. The molecule has 4 rings (SSSR count). The summed E-state index contributed by atoms with van der Waals surface area (Å²) in [6.07, 6.45) is 4.02. The van der Waals surface area contributed by atoms with Crippen molar-refractivity contribution in [2.75, 3.05) is 11.2 Å². The van der Waals surface area contributed by atoms with Gasteiger partial charge in [-0.2, -0.15) is 5.10 Å². The summed E-state index contributed by atoms with van der Waals surface area (Å²) in [5.74, 6) is -0.322. The van der Waals surface area contributed by atoms with Crippen LogP contribution in [0.3, 0.4) is 0 Å². The quantitative estimate of drug-likeness (QED) is 0.628. The van der Waals surface area contributed by atoms with Gasteiger partial charge in [0.15, 0.2) is 9.84 Å². The van der Waals surface area contributed by atoms with Gasteiger partial charge in [0.1, 0.15) is 5.82 Å². The average molecular weight is 457 g/mol. The van der Waals surface area contributed by atoms with E-state index in [1.807, 2.05) is 19.9 Å². The number of anilines is 1. The number of amides is 2. The molecule has 168 valence electrons. The third-order valence-electron chi connectivity index (χ3n) is 5.72. The van der Waals surface area contributed by atoms with Crippen molar-refractivity contribution in [2.24, 2.45) is 0 Å². The molecule has 2 heterocycles. The first-order valence-corrected chi connectivity index (χ1v) is 12.3. The molecule has 32 heavy (non-hydrogen) atoms. The standard InChI is InChI=1S/C23H25FN4O3S/c1-4-20(16-6-5-7-19(13-16)32(3,30)31)26-23(29)27-15(2)12-21-22(27)14-25-28(21)18-10-8-17(24)9-11-18/h5-11,13-15,20H,4,12H2,1-3H3,(H,26,29). The minimum atomic E-state index is -3.34.